The van der Waals surface area contributed by atoms with Gasteiger partial charge in [-0.25, -0.2) is 4.79 Å². The number of aliphatic carboxylic acids is 1. The van der Waals surface area contributed by atoms with Crippen molar-refractivity contribution in [1.29, 1.82) is 0 Å². The summed E-state index contributed by atoms with van der Waals surface area (Å²) in [5.41, 5.74) is 4.76. The minimum absolute atomic E-state index is 0.00813. The molecule has 35 heavy (non-hydrogen) atoms. The highest BCUT2D eigenvalue weighted by atomic mass is 16.5. The molecule has 0 aromatic heterocycles. The van der Waals surface area contributed by atoms with Crippen LogP contribution in [0, 0.1) is 11.8 Å². The lowest BCUT2D eigenvalue weighted by molar-refractivity contribution is -0.143. The Bertz CT molecular complexity index is 1090. The average molecular weight is 477 g/mol. The van der Waals surface area contributed by atoms with Crippen LogP contribution in [0.2, 0.25) is 0 Å². The maximum Gasteiger partial charge on any atom is 0.407 e. The summed E-state index contributed by atoms with van der Waals surface area (Å²) in [6.45, 7) is 2.61. The van der Waals surface area contributed by atoms with Crippen molar-refractivity contribution in [1.82, 2.24) is 10.2 Å². The van der Waals surface area contributed by atoms with Crippen LogP contribution in [0.1, 0.15) is 56.1 Å². The van der Waals surface area contributed by atoms with Crippen molar-refractivity contribution in [2.75, 3.05) is 13.2 Å². The number of carbonyl (C=O) groups excluding carboxylic acids is 2. The molecule has 0 bridgehead atoms. The molecule has 1 aliphatic heterocycles. The summed E-state index contributed by atoms with van der Waals surface area (Å²) in [5.74, 6) is -1.07. The molecule has 5 rings (SSSR count). The van der Waals surface area contributed by atoms with Crippen LogP contribution in [-0.4, -0.2) is 53.2 Å². The van der Waals surface area contributed by atoms with Gasteiger partial charge >= 0.3 is 12.1 Å². The third-order valence-corrected chi connectivity index (χ3v) is 8.06. The Morgan fingerprint density at radius 2 is 1.66 bits per heavy atom. The fourth-order valence-corrected chi connectivity index (χ4v) is 6.18. The number of ether oxygens (including phenoxy) is 1. The molecule has 0 radical (unpaired) electrons. The van der Waals surface area contributed by atoms with E-state index in [-0.39, 0.29) is 36.4 Å². The van der Waals surface area contributed by atoms with Crippen molar-refractivity contribution in [3.63, 3.8) is 0 Å². The molecule has 2 aliphatic carbocycles. The number of benzene rings is 2. The summed E-state index contributed by atoms with van der Waals surface area (Å²) in [7, 11) is 0. The molecule has 7 heteroatoms. The van der Waals surface area contributed by atoms with E-state index in [0.717, 1.165) is 19.3 Å². The summed E-state index contributed by atoms with van der Waals surface area (Å²) in [4.78, 5) is 38.4. The van der Waals surface area contributed by atoms with E-state index < -0.39 is 18.0 Å². The van der Waals surface area contributed by atoms with E-state index in [9.17, 15) is 19.5 Å². The number of amides is 2. The monoisotopic (exact) mass is 476 g/mol. The number of alkyl carbamates (subject to hydrolysis) is 1. The molecular formula is C28H32N2O5. The number of nitrogens with zero attached hydrogens (tertiary/aromatic N) is 1. The normalized spacial score (nSPS) is 25.2. The molecule has 4 atom stereocenters. The zero-order chi connectivity index (χ0) is 24.5. The Kier molecular flexibility index (Phi) is 6.50. The SMILES string of the molecule is CC1C(C(=O)O)CCN1C(=O)CC1CCC(NC(=O)OCC2c3ccccc3-c3ccccc32)C1. The molecule has 2 N–H and O–H groups in total. The van der Waals surface area contributed by atoms with Crippen LogP contribution in [0.3, 0.4) is 0 Å². The highest BCUT2D eigenvalue weighted by Crippen LogP contribution is 2.44. The number of carboxylic acid groups (broad SMARTS) is 1. The van der Waals surface area contributed by atoms with Crippen molar-refractivity contribution < 1.29 is 24.2 Å². The van der Waals surface area contributed by atoms with Crippen molar-refractivity contribution >= 4 is 18.0 Å². The highest BCUT2D eigenvalue weighted by molar-refractivity contribution is 5.80. The van der Waals surface area contributed by atoms with Gasteiger partial charge in [0.1, 0.15) is 6.61 Å². The average Bonchev–Trinajstić information content (AvgIpc) is 3.53. The molecule has 7 nitrogen and oxygen atoms in total. The summed E-state index contributed by atoms with van der Waals surface area (Å²) >= 11 is 0. The van der Waals surface area contributed by atoms with Crippen LogP contribution in [0.15, 0.2) is 48.5 Å². The largest absolute Gasteiger partial charge is 0.481 e. The third-order valence-electron chi connectivity index (χ3n) is 8.06. The lowest BCUT2D eigenvalue weighted by Gasteiger charge is -2.24. The number of nitrogens with one attached hydrogen (secondary N) is 1. The number of carbonyl (C=O) groups is 3. The second-order valence-corrected chi connectivity index (χ2v) is 10.1. The molecule has 1 saturated carbocycles. The Hall–Kier alpha value is -3.35. The number of likely N-dealkylation sites (tertiary alicyclic amines) is 1. The van der Waals surface area contributed by atoms with Crippen molar-refractivity contribution in [3.05, 3.63) is 59.7 Å². The molecule has 0 spiro atoms. The molecule has 4 unspecified atom stereocenters. The van der Waals surface area contributed by atoms with E-state index >= 15 is 0 Å². The van der Waals surface area contributed by atoms with E-state index in [2.05, 4.69) is 29.6 Å². The molecule has 2 aromatic rings. The summed E-state index contributed by atoms with van der Waals surface area (Å²) in [6.07, 6.45) is 2.92. The van der Waals surface area contributed by atoms with E-state index in [1.54, 1.807) is 4.90 Å². The Balaban J connectivity index is 1.11. The van der Waals surface area contributed by atoms with Gasteiger partial charge in [0.2, 0.25) is 5.91 Å². The van der Waals surface area contributed by atoms with Crippen LogP contribution in [-0.2, 0) is 14.3 Å². The van der Waals surface area contributed by atoms with E-state index in [4.69, 9.17) is 4.74 Å². The maximum absolute atomic E-state index is 12.8. The molecule has 2 aromatic carbocycles. The van der Waals surface area contributed by atoms with Crippen LogP contribution in [0.4, 0.5) is 4.79 Å². The minimum atomic E-state index is -0.832. The molecule has 2 amide bonds. The topological polar surface area (TPSA) is 95.9 Å². The van der Waals surface area contributed by atoms with Gasteiger partial charge in [0.25, 0.3) is 0 Å². The lowest BCUT2D eigenvalue weighted by atomic mass is 9.98. The van der Waals surface area contributed by atoms with Crippen LogP contribution in [0.25, 0.3) is 11.1 Å². The summed E-state index contributed by atoms with van der Waals surface area (Å²) in [6, 6.07) is 16.2. The quantitative estimate of drug-likeness (QED) is 0.644. The van der Waals surface area contributed by atoms with Crippen LogP contribution >= 0.6 is 0 Å². The molecule has 3 aliphatic rings. The Morgan fingerprint density at radius 3 is 2.29 bits per heavy atom. The fraction of sp³-hybridized carbons (Fsp3) is 0.464. The highest BCUT2D eigenvalue weighted by Gasteiger charge is 2.39. The van der Waals surface area contributed by atoms with Gasteiger partial charge in [-0.05, 0) is 60.8 Å². The first-order valence-electron chi connectivity index (χ1n) is 12.6. The van der Waals surface area contributed by atoms with E-state index in [1.165, 1.54) is 22.3 Å². The molecule has 1 heterocycles. The number of hydrogen-bond donors (Lipinski definition) is 2. The van der Waals surface area contributed by atoms with Gasteiger partial charge in [-0.1, -0.05) is 48.5 Å². The zero-order valence-electron chi connectivity index (χ0n) is 20.0. The first kappa shape index (κ1) is 23.4. The van der Waals surface area contributed by atoms with Gasteiger partial charge in [-0.3, -0.25) is 9.59 Å². The number of rotatable bonds is 6. The third kappa shape index (κ3) is 4.64. The van der Waals surface area contributed by atoms with Gasteiger partial charge in [0.05, 0.1) is 5.92 Å². The van der Waals surface area contributed by atoms with Gasteiger partial charge < -0.3 is 20.1 Å². The summed E-state index contributed by atoms with van der Waals surface area (Å²) < 4.78 is 5.67. The van der Waals surface area contributed by atoms with Gasteiger partial charge in [0, 0.05) is 31.0 Å². The first-order chi connectivity index (χ1) is 16.9. The zero-order valence-corrected chi connectivity index (χ0v) is 20.0. The van der Waals surface area contributed by atoms with Gasteiger partial charge in [-0.2, -0.15) is 0 Å². The standard InChI is InChI=1S/C28H32N2O5/c1-17-20(27(32)33)12-13-30(17)26(31)15-18-10-11-19(14-18)29-28(34)35-16-25-23-8-4-2-6-21(23)22-7-3-5-9-24(22)25/h2-9,17-20,25H,10-16H2,1H3,(H,29,34)(H,32,33). The van der Waals surface area contributed by atoms with E-state index in [1.807, 2.05) is 31.2 Å². The predicted molar refractivity (Wildman–Crippen MR) is 131 cm³/mol. The predicted octanol–water partition coefficient (Wildman–Crippen LogP) is 4.41. The second kappa shape index (κ2) is 9.72. The number of fused-ring (bicyclic) bond motifs is 3. The lowest BCUT2D eigenvalue weighted by Crippen LogP contribution is -2.38. The summed E-state index contributed by atoms with van der Waals surface area (Å²) in [5, 5.41) is 12.3. The smallest absolute Gasteiger partial charge is 0.407 e. The minimum Gasteiger partial charge on any atom is -0.481 e. The maximum atomic E-state index is 12.8. The molecule has 184 valence electrons. The first-order valence-corrected chi connectivity index (χ1v) is 12.6. The number of hydrogen-bond acceptors (Lipinski definition) is 4. The fourth-order valence-electron chi connectivity index (χ4n) is 6.18. The Labute approximate surface area is 205 Å². The van der Waals surface area contributed by atoms with Crippen molar-refractivity contribution in [2.45, 2.75) is 57.0 Å². The molecule has 1 saturated heterocycles. The van der Waals surface area contributed by atoms with Crippen LogP contribution in [0.5, 0.6) is 0 Å². The van der Waals surface area contributed by atoms with Crippen LogP contribution < -0.4 is 5.32 Å². The molecular weight excluding hydrogens is 444 g/mol. The Morgan fingerprint density at radius 1 is 1.00 bits per heavy atom. The van der Waals surface area contributed by atoms with Gasteiger partial charge in [-0.15, -0.1) is 0 Å². The van der Waals surface area contributed by atoms with Crippen molar-refractivity contribution in [3.8, 4) is 11.1 Å². The van der Waals surface area contributed by atoms with Gasteiger partial charge in [0.15, 0.2) is 0 Å². The van der Waals surface area contributed by atoms with E-state index in [0.29, 0.717) is 19.4 Å². The van der Waals surface area contributed by atoms with Crippen molar-refractivity contribution in [2.24, 2.45) is 11.8 Å². The second-order valence-electron chi connectivity index (χ2n) is 10.1. The number of carboxylic acids is 1. The molecule has 2 fully saturated rings.